The molecule has 2 aromatic carbocycles. The molecule has 0 aliphatic heterocycles. The summed E-state index contributed by atoms with van der Waals surface area (Å²) in [7, 11) is -0.571. The van der Waals surface area contributed by atoms with E-state index in [0.29, 0.717) is 9.88 Å². The third-order valence-electron chi connectivity index (χ3n) is 3.38. The van der Waals surface area contributed by atoms with Crippen LogP contribution in [0.4, 0.5) is 0 Å². The van der Waals surface area contributed by atoms with E-state index in [2.05, 4.69) is 4.98 Å². The molecule has 0 fully saturated rings. The van der Waals surface area contributed by atoms with Gasteiger partial charge in [-0.3, -0.25) is 0 Å². The summed E-state index contributed by atoms with van der Waals surface area (Å²) in [5.41, 5.74) is 1.77. The van der Waals surface area contributed by atoms with E-state index in [-0.39, 0.29) is 5.03 Å². The predicted molar refractivity (Wildman–Crippen MR) is 93.9 cm³/mol. The Morgan fingerprint density at radius 1 is 0.870 bits per heavy atom. The van der Waals surface area contributed by atoms with Gasteiger partial charge < -0.3 is 0 Å². The third-order valence-corrected chi connectivity index (χ3v) is 6.41. The van der Waals surface area contributed by atoms with E-state index in [1.165, 1.54) is 29.7 Å². The zero-order chi connectivity index (χ0) is 16.4. The molecule has 0 bridgehead atoms. The van der Waals surface area contributed by atoms with Gasteiger partial charge in [0, 0.05) is 19.7 Å². The Bertz CT molecular complexity index is 902. The molecular weight excluding hydrogens is 328 g/mol. The minimum absolute atomic E-state index is 0.109. The van der Waals surface area contributed by atoms with Gasteiger partial charge in [-0.05, 0) is 5.56 Å². The molecule has 3 rings (SSSR count). The van der Waals surface area contributed by atoms with Crippen molar-refractivity contribution in [1.29, 1.82) is 0 Å². The molecule has 0 saturated heterocycles. The first-order chi connectivity index (χ1) is 11.0. The molecule has 3 aromatic rings. The molecule has 0 spiro atoms. The Morgan fingerprint density at radius 3 is 1.91 bits per heavy atom. The zero-order valence-corrected chi connectivity index (χ0v) is 14.4. The van der Waals surface area contributed by atoms with Crippen LogP contribution >= 0.6 is 11.3 Å². The zero-order valence-electron chi connectivity index (χ0n) is 12.8. The van der Waals surface area contributed by atoms with E-state index in [1.807, 2.05) is 60.7 Å². The van der Waals surface area contributed by atoms with Crippen molar-refractivity contribution >= 4 is 21.4 Å². The second-order valence-electron chi connectivity index (χ2n) is 5.17. The molecule has 1 heterocycles. The number of rotatable bonds is 4. The molecule has 0 N–H and O–H groups in total. The number of nitrogens with zero attached hydrogens (tertiary/aromatic N) is 2. The van der Waals surface area contributed by atoms with Crippen LogP contribution in [0.2, 0.25) is 0 Å². The number of hydrogen-bond donors (Lipinski definition) is 0. The topological polar surface area (TPSA) is 50.3 Å². The maximum Gasteiger partial charge on any atom is 0.261 e. The van der Waals surface area contributed by atoms with Gasteiger partial charge in [-0.25, -0.2) is 17.7 Å². The lowest BCUT2D eigenvalue weighted by Gasteiger charge is -2.10. The van der Waals surface area contributed by atoms with Crippen LogP contribution in [-0.4, -0.2) is 31.8 Å². The Kier molecular flexibility index (Phi) is 4.30. The van der Waals surface area contributed by atoms with Crippen LogP contribution in [0.15, 0.2) is 65.7 Å². The summed E-state index contributed by atoms with van der Waals surface area (Å²) >= 11 is 1.39. The van der Waals surface area contributed by atoms with Gasteiger partial charge in [0.1, 0.15) is 5.01 Å². The lowest BCUT2D eigenvalue weighted by molar-refractivity contribution is 0.518. The summed E-state index contributed by atoms with van der Waals surface area (Å²) in [6.07, 6.45) is 0. The molecule has 23 heavy (non-hydrogen) atoms. The average Bonchev–Trinajstić information content (AvgIpc) is 3.02. The predicted octanol–water partition coefficient (Wildman–Crippen LogP) is 3.73. The highest BCUT2D eigenvalue weighted by Crippen LogP contribution is 2.38. The summed E-state index contributed by atoms with van der Waals surface area (Å²) in [4.78, 5) is 5.10. The third kappa shape index (κ3) is 3.06. The normalized spacial score (nSPS) is 11.8. The lowest BCUT2D eigenvalue weighted by Crippen LogP contribution is -2.23. The van der Waals surface area contributed by atoms with Crippen LogP contribution in [0.3, 0.4) is 0 Å². The number of thiazole rings is 1. The molecule has 6 heteroatoms. The van der Waals surface area contributed by atoms with E-state index < -0.39 is 10.0 Å². The SMILES string of the molecule is CN(C)S(=O)(=O)c1nc(-c2ccccc2)sc1-c1ccccc1. The van der Waals surface area contributed by atoms with E-state index >= 15 is 0 Å². The van der Waals surface area contributed by atoms with Crippen molar-refractivity contribution in [3.05, 3.63) is 60.7 Å². The first kappa shape index (κ1) is 15.9. The fraction of sp³-hybridized carbons (Fsp3) is 0.118. The summed E-state index contributed by atoms with van der Waals surface area (Å²) in [6.45, 7) is 0. The summed E-state index contributed by atoms with van der Waals surface area (Å²) < 4.78 is 26.5. The maximum absolute atomic E-state index is 12.6. The number of hydrogen-bond acceptors (Lipinski definition) is 4. The van der Waals surface area contributed by atoms with Crippen LogP contribution in [0.1, 0.15) is 0 Å². The van der Waals surface area contributed by atoms with Crippen LogP contribution < -0.4 is 0 Å². The van der Waals surface area contributed by atoms with Crippen molar-refractivity contribution in [3.63, 3.8) is 0 Å². The highest BCUT2D eigenvalue weighted by molar-refractivity contribution is 7.89. The van der Waals surface area contributed by atoms with E-state index in [4.69, 9.17) is 0 Å². The molecule has 0 radical (unpaired) electrons. The van der Waals surface area contributed by atoms with Gasteiger partial charge in [0.15, 0.2) is 5.03 Å². The molecule has 4 nitrogen and oxygen atoms in total. The Balaban J connectivity index is 2.24. The van der Waals surface area contributed by atoms with E-state index in [9.17, 15) is 8.42 Å². The average molecular weight is 344 g/mol. The van der Waals surface area contributed by atoms with Crippen LogP contribution in [0.5, 0.6) is 0 Å². The van der Waals surface area contributed by atoms with Crippen molar-refractivity contribution in [2.45, 2.75) is 5.03 Å². The summed E-state index contributed by atoms with van der Waals surface area (Å²) in [5, 5.41) is 0.808. The Hall–Kier alpha value is -2.02. The molecule has 0 amide bonds. The highest BCUT2D eigenvalue weighted by atomic mass is 32.2. The van der Waals surface area contributed by atoms with Gasteiger partial charge in [0.05, 0.1) is 4.88 Å². The van der Waals surface area contributed by atoms with Crippen molar-refractivity contribution in [2.24, 2.45) is 0 Å². The number of benzene rings is 2. The lowest BCUT2D eigenvalue weighted by atomic mass is 10.2. The molecule has 0 saturated carbocycles. The Morgan fingerprint density at radius 2 is 1.39 bits per heavy atom. The second-order valence-corrected chi connectivity index (χ2v) is 8.24. The van der Waals surface area contributed by atoms with Gasteiger partial charge in [-0.1, -0.05) is 60.7 Å². The molecular formula is C17H16N2O2S2. The largest absolute Gasteiger partial charge is 0.261 e. The van der Waals surface area contributed by atoms with Crippen molar-refractivity contribution in [2.75, 3.05) is 14.1 Å². The molecule has 0 unspecified atom stereocenters. The highest BCUT2D eigenvalue weighted by Gasteiger charge is 2.27. The van der Waals surface area contributed by atoms with Crippen LogP contribution in [-0.2, 0) is 10.0 Å². The summed E-state index contributed by atoms with van der Waals surface area (Å²) in [6, 6.07) is 19.1. The van der Waals surface area contributed by atoms with Gasteiger partial charge in [-0.15, -0.1) is 11.3 Å². The monoisotopic (exact) mass is 344 g/mol. The van der Waals surface area contributed by atoms with Gasteiger partial charge in [0.2, 0.25) is 0 Å². The van der Waals surface area contributed by atoms with Gasteiger partial charge in [0.25, 0.3) is 10.0 Å². The molecule has 118 valence electrons. The minimum atomic E-state index is -3.61. The summed E-state index contributed by atoms with van der Waals surface area (Å²) in [5.74, 6) is 0. The fourth-order valence-electron chi connectivity index (χ4n) is 2.13. The quantitative estimate of drug-likeness (QED) is 0.725. The minimum Gasteiger partial charge on any atom is -0.222 e. The van der Waals surface area contributed by atoms with Crippen LogP contribution in [0, 0.1) is 0 Å². The molecule has 0 aliphatic carbocycles. The molecule has 0 atom stereocenters. The first-order valence-corrected chi connectivity index (χ1v) is 9.30. The van der Waals surface area contributed by atoms with E-state index in [1.54, 1.807) is 0 Å². The molecule has 0 aliphatic rings. The van der Waals surface area contributed by atoms with Crippen molar-refractivity contribution < 1.29 is 8.42 Å². The number of sulfonamides is 1. The fourth-order valence-corrected chi connectivity index (χ4v) is 4.50. The Labute approximate surface area is 140 Å². The van der Waals surface area contributed by atoms with Crippen molar-refractivity contribution in [3.8, 4) is 21.0 Å². The second kappa shape index (κ2) is 6.23. The first-order valence-electron chi connectivity index (χ1n) is 7.04. The van der Waals surface area contributed by atoms with Crippen molar-refractivity contribution in [1.82, 2.24) is 9.29 Å². The van der Waals surface area contributed by atoms with Gasteiger partial charge >= 0.3 is 0 Å². The van der Waals surface area contributed by atoms with Crippen LogP contribution in [0.25, 0.3) is 21.0 Å². The smallest absolute Gasteiger partial charge is 0.222 e. The maximum atomic E-state index is 12.6. The van der Waals surface area contributed by atoms with Gasteiger partial charge in [-0.2, -0.15) is 0 Å². The standard InChI is InChI=1S/C17H16N2O2S2/c1-19(2)23(20,21)17-15(13-9-5-3-6-10-13)22-16(18-17)14-11-7-4-8-12-14/h3-12H,1-2H3. The molecule has 1 aromatic heterocycles. The van der Waals surface area contributed by atoms with E-state index in [0.717, 1.165) is 11.1 Å². The number of aromatic nitrogens is 1.